The van der Waals surface area contributed by atoms with Crippen molar-refractivity contribution in [3.63, 3.8) is 0 Å². The molecule has 6 nitrogen and oxygen atoms in total. The molecule has 1 N–H and O–H groups in total. The highest BCUT2D eigenvalue weighted by molar-refractivity contribution is 5.96. The molecule has 6 heteroatoms. The minimum absolute atomic E-state index is 0.301. The third-order valence-electron chi connectivity index (χ3n) is 2.43. The van der Waals surface area contributed by atoms with E-state index in [-0.39, 0.29) is 5.91 Å². The number of pyridine rings is 1. The lowest BCUT2D eigenvalue weighted by molar-refractivity contribution is 0.0364. The molecule has 1 amide bonds. The fourth-order valence-corrected chi connectivity index (χ4v) is 1.63. The van der Waals surface area contributed by atoms with Crippen LogP contribution in [-0.4, -0.2) is 27.3 Å². The second kappa shape index (κ2) is 4.50. The van der Waals surface area contributed by atoms with E-state index >= 15 is 0 Å². The number of carbonyl (C=O) groups is 1. The smallest absolute Gasteiger partial charge is 0.274 e. The molecule has 0 aliphatic carbocycles. The van der Waals surface area contributed by atoms with E-state index in [4.69, 9.17) is 4.84 Å². The van der Waals surface area contributed by atoms with Crippen LogP contribution in [-0.2, 0) is 11.9 Å². The van der Waals surface area contributed by atoms with Crippen molar-refractivity contribution in [2.45, 2.75) is 13.8 Å². The summed E-state index contributed by atoms with van der Waals surface area (Å²) in [5, 5.41) is 5.12. The molecule has 2 rings (SSSR count). The maximum atomic E-state index is 11.7. The van der Waals surface area contributed by atoms with Crippen LogP contribution < -0.4 is 5.48 Å². The van der Waals surface area contributed by atoms with Gasteiger partial charge in [0.25, 0.3) is 5.91 Å². The van der Waals surface area contributed by atoms with Crippen LogP contribution in [0.25, 0.3) is 11.0 Å². The van der Waals surface area contributed by atoms with E-state index < -0.39 is 0 Å². The lowest BCUT2D eigenvalue weighted by Crippen LogP contribution is -2.23. The van der Waals surface area contributed by atoms with Gasteiger partial charge in [-0.3, -0.25) is 14.3 Å². The molecule has 17 heavy (non-hydrogen) atoms. The van der Waals surface area contributed by atoms with Gasteiger partial charge in [0.1, 0.15) is 0 Å². The number of rotatable bonds is 3. The molecule has 90 valence electrons. The first kappa shape index (κ1) is 11.5. The first-order valence-corrected chi connectivity index (χ1v) is 5.35. The molecule has 0 radical (unpaired) electrons. The lowest BCUT2D eigenvalue weighted by Gasteiger charge is -2.03. The van der Waals surface area contributed by atoms with Gasteiger partial charge < -0.3 is 0 Å². The van der Waals surface area contributed by atoms with Gasteiger partial charge in [0.05, 0.1) is 17.9 Å². The Hall–Kier alpha value is -1.95. The Bertz CT molecular complexity index is 562. The minimum Gasteiger partial charge on any atom is -0.274 e. The number of amides is 1. The van der Waals surface area contributed by atoms with Gasteiger partial charge in [0.15, 0.2) is 5.65 Å². The zero-order chi connectivity index (χ0) is 12.4. The van der Waals surface area contributed by atoms with E-state index in [1.165, 1.54) is 6.20 Å². The van der Waals surface area contributed by atoms with Crippen LogP contribution in [0.1, 0.15) is 23.0 Å². The Balaban J connectivity index is 2.37. The first-order chi connectivity index (χ1) is 8.13. The van der Waals surface area contributed by atoms with Crippen LogP contribution >= 0.6 is 0 Å². The minimum atomic E-state index is -0.301. The van der Waals surface area contributed by atoms with Crippen molar-refractivity contribution in [1.29, 1.82) is 0 Å². The van der Waals surface area contributed by atoms with E-state index in [2.05, 4.69) is 15.6 Å². The van der Waals surface area contributed by atoms with E-state index in [0.29, 0.717) is 12.2 Å². The van der Waals surface area contributed by atoms with Gasteiger partial charge in [-0.05, 0) is 19.9 Å². The normalized spacial score (nSPS) is 10.8. The van der Waals surface area contributed by atoms with Crippen molar-refractivity contribution in [1.82, 2.24) is 20.2 Å². The zero-order valence-corrected chi connectivity index (χ0v) is 10.0. The third kappa shape index (κ3) is 2.12. The van der Waals surface area contributed by atoms with E-state index in [9.17, 15) is 4.79 Å². The third-order valence-corrected chi connectivity index (χ3v) is 2.43. The van der Waals surface area contributed by atoms with Gasteiger partial charge in [-0.15, -0.1) is 0 Å². The molecule has 0 saturated heterocycles. The SMILES string of the molecule is CCONC(=O)c1cnc2c(c1)c(C)nn2C. The molecular weight excluding hydrogens is 220 g/mol. The highest BCUT2D eigenvalue weighted by Crippen LogP contribution is 2.16. The predicted molar refractivity (Wildman–Crippen MR) is 62.3 cm³/mol. The summed E-state index contributed by atoms with van der Waals surface area (Å²) in [5.74, 6) is -0.301. The topological polar surface area (TPSA) is 69.0 Å². The van der Waals surface area contributed by atoms with Crippen molar-refractivity contribution < 1.29 is 9.63 Å². The van der Waals surface area contributed by atoms with Crippen LogP contribution in [0.2, 0.25) is 0 Å². The number of hydroxylamine groups is 1. The average Bonchev–Trinajstić information content (AvgIpc) is 2.61. The molecule has 0 aliphatic heterocycles. The summed E-state index contributed by atoms with van der Waals surface area (Å²) in [5.41, 5.74) is 4.40. The molecular formula is C11H14N4O2. The molecule has 0 unspecified atom stereocenters. The predicted octanol–water partition coefficient (Wildman–Crippen LogP) is 0.958. The van der Waals surface area contributed by atoms with Gasteiger partial charge >= 0.3 is 0 Å². The van der Waals surface area contributed by atoms with E-state index in [1.807, 2.05) is 14.0 Å². The summed E-state index contributed by atoms with van der Waals surface area (Å²) < 4.78 is 1.69. The van der Waals surface area contributed by atoms with E-state index in [0.717, 1.165) is 16.7 Å². The molecule has 0 atom stereocenters. The number of nitrogens with zero attached hydrogens (tertiary/aromatic N) is 3. The fourth-order valence-electron chi connectivity index (χ4n) is 1.63. The second-order valence-electron chi connectivity index (χ2n) is 3.67. The first-order valence-electron chi connectivity index (χ1n) is 5.35. The number of fused-ring (bicyclic) bond motifs is 1. The maximum absolute atomic E-state index is 11.7. The van der Waals surface area contributed by atoms with Crippen molar-refractivity contribution in [2.75, 3.05) is 6.61 Å². The van der Waals surface area contributed by atoms with Gasteiger partial charge in [-0.25, -0.2) is 10.5 Å². The van der Waals surface area contributed by atoms with Gasteiger partial charge in [-0.2, -0.15) is 5.10 Å². The van der Waals surface area contributed by atoms with Gasteiger partial charge in [-0.1, -0.05) is 0 Å². The average molecular weight is 234 g/mol. The Morgan fingerprint density at radius 1 is 1.59 bits per heavy atom. The number of nitrogens with one attached hydrogen (secondary N) is 1. The molecule has 0 bridgehead atoms. The molecule has 0 fully saturated rings. The monoisotopic (exact) mass is 234 g/mol. The lowest BCUT2D eigenvalue weighted by atomic mass is 10.2. The molecule has 0 saturated carbocycles. The van der Waals surface area contributed by atoms with Crippen LogP contribution in [0.15, 0.2) is 12.3 Å². The standard InChI is InChI=1S/C11H14N4O2/c1-4-17-14-11(16)8-5-9-7(2)13-15(3)10(9)12-6-8/h5-6H,4H2,1-3H3,(H,14,16). The second-order valence-corrected chi connectivity index (χ2v) is 3.67. The maximum Gasteiger partial charge on any atom is 0.276 e. The Morgan fingerprint density at radius 2 is 2.35 bits per heavy atom. The molecule has 0 aliphatic rings. The Morgan fingerprint density at radius 3 is 3.06 bits per heavy atom. The number of hydrogen-bond donors (Lipinski definition) is 1. The summed E-state index contributed by atoms with van der Waals surface area (Å²) in [4.78, 5) is 20.7. The Kier molecular flexibility index (Phi) is 3.06. The largest absolute Gasteiger partial charge is 0.276 e. The molecule has 2 heterocycles. The van der Waals surface area contributed by atoms with Gasteiger partial charge in [0, 0.05) is 18.6 Å². The van der Waals surface area contributed by atoms with Crippen molar-refractivity contribution in [3.8, 4) is 0 Å². The molecule has 0 aromatic carbocycles. The van der Waals surface area contributed by atoms with Crippen molar-refractivity contribution in [3.05, 3.63) is 23.5 Å². The number of hydrogen-bond acceptors (Lipinski definition) is 4. The summed E-state index contributed by atoms with van der Waals surface area (Å²) in [6.07, 6.45) is 1.51. The summed E-state index contributed by atoms with van der Waals surface area (Å²) in [7, 11) is 1.82. The van der Waals surface area contributed by atoms with Crippen LogP contribution in [0.3, 0.4) is 0 Å². The number of carbonyl (C=O) groups excluding carboxylic acids is 1. The molecule has 0 spiro atoms. The Labute approximate surface area is 98.5 Å². The highest BCUT2D eigenvalue weighted by atomic mass is 16.6. The summed E-state index contributed by atoms with van der Waals surface area (Å²) in [6, 6.07) is 1.76. The molecule has 2 aromatic heterocycles. The highest BCUT2D eigenvalue weighted by Gasteiger charge is 2.11. The quantitative estimate of drug-likeness (QED) is 0.803. The summed E-state index contributed by atoms with van der Waals surface area (Å²) in [6.45, 7) is 4.11. The number of aromatic nitrogens is 3. The van der Waals surface area contributed by atoms with Crippen LogP contribution in [0.4, 0.5) is 0 Å². The molecule has 2 aromatic rings. The van der Waals surface area contributed by atoms with Crippen LogP contribution in [0, 0.1) is 6.92 Å². The fraction of sp³-hybridized carbons (Fsp3) is 0.364. The van der Waals surface area contributed by atoms with Crippen molar-refractivity contribution >= 4 is 16.9 Å². The van der Waals surface area contributed by atoms with E-state index in [1.54, 1.807) is 17.7 Å². The van der Waals surface area contributed by atoms with Crippen LogP contribution in [0.5, 0.6) is 0 Å². The number of aryl methyl sites for hydroxylation is 2. The van der Waals surface area contributed by atoms with Crippen molar-refractivity contribution in [2.24, 2.45) is 7.05 Å². The summed E-state index contributed by atoms with van der Waals surface area (Å²) >= 11 is 0. The van der Waals surface area contributed by atoms with Gasteiger partial charge in [0.2, 0.25) is 0 Å². The zero-order valence-electron chi connectivity index (χ0n) is 10.0.